The van der Waals surface area contributed by atoms with Crippen molar-refractivity contribution in [3.63, 3.8) is 0 Å². The number of aromatic hydroxyl groups is 1. The summed E-state index contributed by atoms with van der Waals surface area (Å²) in [4.78, 5) is 4.15. The molecule has 5 heteroatoms. The Morgan fingerprint density at radius 3 is 2.88 bits per heavy atom. The van der Waals surface area contributed by atoms with Crippen LogP contribution in [0.15, 0.2) is 48.4 Å². The first-order valence-electron chi connectivity index (χ1n) is 8.73. The van der Waals surface area contributed by atoms with Gasteiger partial charge in [0, 0.05) is 22.3 Å². The van der Waals surface area contributed by atoms with E-state index in [4.69, 9.17) is 11.6 Å². The molecule has 0 aromatic carbocycles. The maximum atomic E-state index is 10.4. The van der Waals surface area contributed by atoms with E-state index in [-0.39, 0.29) is 5.75 Å². The molecule has 0 saturated carbocycles. The molecule has 0 bridgehead atoms. The summed E-state index contributed by atoms with van der Waals surface area (Å²) < 4.78 is 1.99. The molecule has 2 aromatic heterocycles. The van der Waals surface area contributed by atoms with Gasteiger partial charge in [-0.1, -0.05) is 31.2 Å². The molecule has 0 unspecified atom stereocenters. The van der Waals surface area contributed by atoms with E-state index in [1.165, 1.54) is 11.8 Å². The van der Waals surface area contributed by atoms with Crippen LogP contribution in [0.25, 0.3) is 16.6 Å². The normalized spacial score (nSPS) is 16.8. The van der Waals surface area contributed by atoms with Crippen LogP contribution in [0, 0.1) is 0 Å². The van der Waals surface area contributed by atoms with Crippen LogP contribution < -0.4 is 5.32 Å². The SMILES string of the molecule is C=C(/C=C\C(Cl)=C/CC)n1cc(C2CCNCC2)c2c(O)cncc21. The molecule has 2 aromatic rings. The van der Waals surface area contributed by atoms with Gasteiger partial charge >= 0.3 is 0 Å². The number of aromatic nitrogens is 2. The minimum Gasteiger partial charge on any atom is -0.506 e. The number of rotatable bonds is 5. The van der Waals surface area contributed by atoms with Crippen LogP contribution in [-0.4, -0.2) is 27.7 Å². The Balaban J connectivity index is 2.02. The molecule has 2 N–H and O–H groups in total. The molecular formula is C20H24ClN3O. The second-order valence-corrected chi connectivity index (χ2v) is 6.79. The van der Waals surface area contributed by atoms with E-state index in [9.17, 15) is 5.11 Å². The van der Waals surface area contributed by atoms with Gasteiger partial charge in [0.15, 0.2) is 0 Å². The van der Waals surface area contributed by atoms with Crippen molar-refractivity contribution in [3.8, 4) is 5.75 Å². The molecule has 1 fully saturated rings. The van der Waals surface area contributed by atoms with Crippen LogP contribution in [-0.2, 0) is 0 Å². The quantitative estimate of drug-likeness (QED) is 0.758. The smallest absolute Gasteiger partial charge is 0.143 e. The van der Waals surface area contributed by atoms with Crippen LogP contribution in [0.1, 0.15) is 37.7 Å². The summed E-state index contributed by atoms with van der Waals surface area (Å²) in [5.41, 5.74) is 2.83. The highest BCUT2D eigenvalue weighted by Crippen LogP contribution is 2.38. The minimum absolute atomic E-state index is 0.227. The average molecular weight is 358 g/mol. The predicted octanol–water partition coefficient (Wildman–Crippen LogP) is 4.77. The molecular weight excluding hydrogens is 334 g/mol. The first kappa shape index (κ1) is 17.8. The number of hydrogen-bond acceptors (Lipinski definition) is 3. The van der Waals surface area contributed by atoms with Crippen molar-refractivity contribution in [1.82, 2.24) is 14.9 Å². The lowest BCUT2D eigenvalue weighted by Gasteiger charge is -2.22. The molecule has 3 heterocycles. The Bertz CT molecular complexity index is 829. The van der Waals surface area contributed by atoms with E-state index < -0.39 is 0 Å². The fourth-order valence-electron chi connectivity index (χ4n) is 3.39. The van der Waals surface area contributed by atoms with Crippen molar-refractivity contribution in [2.24, 2.45) is 0 Å². The van der Waals surface area contributed by atoms with Gasteiger partial charge in [-0.15, -0.1) is 0 Å². The molecule has 1 aliphatic rings. The maximum Gasteiger partial charge on any atom is 0.143 e. The van der Waals surface area contributed by atoms with Gasteiger partial charge in [0.2, 0.25) is 0 Å². The largest absolute Gasteiger partial charge is 0.506 e. The van der Waals surface area contributed by atoms with Crippen molar-refractivity contribution >= 4 is 28.2 Å². The Morgan fingerprint density at radius 1 is 1.40 bits per heavy atom. The average Bonchev–Trinajstić information content (AvgIpc) is 3.02. The monoisotopic (exact) mass is 357 g/mol. The zero-order valence-electron chi connectivity index (χ0n) is 14.5. The lowest BCUT2D eigenvalue weighted by atomic mass is 9.90. The lowest BCUT2D eigenvalue weighted by molar-refractivity contribution is 0.457. The molecule has 3 rings (SSSR count). The zero-order chi connectivity index (χ0) is 17.8. The summed E-state index contributed by atoms with van der Waals surface area (Å²) in [6.45, 7) is 8.21. The number of allylic oxidation sites excluding steroid dienone is 5. The molecule has 0 spiro atoms. The third kappa shape index (κ3) is 3.80. The molecule has 132 valence electrons. The molecule has 25 heavy (non-hydrogen) atoms. The highest BCUT2D eigenvalue weighted by atomic mass is 35.5. The second kappa shape index (κ2) is 7.89. The maximum absolute atomic E-state index is 10.4. The first-order valence-corrected chi connectivity index (χ1v) is 9.11. The molecule has 1 aliphatic heterocycles. The van der Waals surface area contributed by atoms with Gasteiger partial charge in [-0.05, 0) is 56.0 Å². The minimum atomic E-state index is 0.227. The van der Waals surface area contributed by atoms with Gasteiger partial charge in [0.05, 0.1) is 17.9 Å². The Kier molecular flexibility index (Phi) is 5.61. The van der Waals surface area contributed by atoms with Crippen molar-refractivity contribution in [3.05, 3.63) is 54.0 Å². The third-order valence-electron chi connectivity index (χ3n) is 4.64. The van der Waals surface area contributed by atoms with E-state index in [0.717, 1.165) is 49.0 Å². The summed E-state index contributed by atoms with van der Waals surface area (Å²) in [5.74, 6) is 0.657. The van der Waals surface area contributed by atoms with E-state index in [1.807, 2.05) is 29.7 Å². The third-order valence-corrected chi connectivity index (χ3v) is 4.93. The van der Waals surface area contributed by atoms with Gasteiger partial charge in [0.1, 0.15) is 5.75 Å². The Hall–Kier alpha value is -2.04. The molecule has 0 aliphatic carbocycles. The zero-order valence-corrected chi connectivity index (χ0v) is 15.3. The van der Waals surface area contributed by atoms with Crippen LogP contribution in [0.2, 0.25) is 0 Å². The van der Waals surface area contributed by atoms with Gasteiger partial charge in [-0.25, -0.2) is 0 Å². The molecule has 1 saturated heterocycles. The standard InChI is InChI=1S/C20H24ClN3O/c1-3-4-16(21)6-5-14(2)24-13-17(15-7-9-22-10-8-15)20-18(24)11-23-12-19(20)25/h4-6,11-13,15,22,25H,2-3,7-10H2,1H3/b6-5-,16-4+. The highest BCUT2D eigenvalue weighted by Gasteiger charge is 2.22. The van der Waals surface area contributed by atoms with Gasteiger partial charge in [-0.2, -0.15) is 0 Å². The van der Waals surface area contributed by atoms with Gasteiger partial charge in [-0.3, -0.25) is 4.98 Å². The Morgan fingerprint density at radius 2 is 2.16 bits per heavy atom. The topological polar surface area (TPSA) is 50.1 Å². The fraction of sp³-hybridized carbons (Fsp3) is 0.350. The van der Waals surface area contributed by atoms with Crippen LogP contribution in [0.5, 0.6) is 5.75 Å². The van der Waals surface area contributed by atoms with Crippen LogP contribution in [0.4, 0.5) is 0 Å². The number of halogens is 1. The van der Waals surface area contributed by atoms with E-state index in [2.05, 4.69) is 23.1 Å². The van der Waals surface area contributed by atoms with Crippen molar-refractivity contribution in [2.75, 3.05) is 13.1 Å². The number of piperidine rings is 1. The number of pyridine rings is 1. The van der Waals surface area contributed by atoms with Gasteiger partial charge in [0.25, 0.3) is 0 Å². The lowest BCUT2D eigenvalue weighted by Crippen LogP contribution is -2.26. The molecule has 0 amide bonds. The van der Waals surface area contributed by atoms with Crippen molar-refractivity contribution in [1.29, 1.82) is 0 Å². The second-order valence-electron chi connectivity index (χ2n) is 6.35. The highest BCUT2D eigenvalue weighted by molar-refractivity contribution is 6.31. The number of hydrogen-bond donors (Lipinski definition) is 2. The number of nitrogens with zero attached hydrogens (tertiary/aromatic N) is 2. The summed E-state index contributed by atoms with van der Waals surface area (Å²) >= 11 is 6.15. The summed E-state index contributed by atoms with van der Waals surface area (Å²) in [5, 5.41) is 15.4. The first-order chi connectivity index (χ1) is 12.1. The molecule has 4 nitrogen and oxygen atoms in total. The summed E-state index contributed by atoms with van der Waals surface area (Å²) in [7, 11) is 0. The van der Waals surface area contributed by atoms with Crippen LogP contribution in [0.3, 0.4) is 0 Å². The number of nitrogens with one attached hydrogen (secondary N) is 1. The number of fused-ring (bicyclic) bond motifs is 1. The summed E-state index contributed by atoms with van der Waals surface area (Å²) in [6.07, 6.45) is 14.1. The van der Waals surface area contributed by atoms with E-state index in [0.29, 0.717) is 11.0 Å². The molecule has 0 atom stereocenters. The van der Waals surface area contributed by atoms with Gasteiger partial charge < -0.3 is 15.0 Å². The fourth-order valence-corrected chi connectivity index (χ4v) is 3.61. The van der Waals surface area contributed by atoms with Crippen molar-refractivity contribution in [2.45, 2.75) is 32.1 Å². The Labute approximate surface area is 153 Å². The summed E-state index contributed by atoms with van der Waals surface area (Å²) in [6, 6.07) is 0. The van der Waals surface area contributed by atoms with Crippen molar-refractivity contribution < 1.29 is 5.11 Å². The van der Waals surface area contributed by atoms with Crippen LogP contribution >= 0.6 is 11.6 Å². The van der Waals surface area contributed by atoms with E-state index in [1.54, 1.807) is 6.20 Å². The molecule has 0 radical (unpaired) electrons. The predicted molar refractivity (Wildman–Crippen MR) is 105 cm³/mol. The van der Waals surface area contributed by atoms with E-state index >= 15 is 0 Å².